The molecule has 0 radical (unpaired) electrons. The molecule has 238 valence electrons. The van der Waals surface area contributed by atoms with Crippen LogP contribution in [0.1, 0.15) is 55.5 Å². The predicted molar refractivity (Wildman–Crippen MR) is 175 cm³/mol. The maximum atomic E-state index is 9.56. The topological polar surface area (TPSA) is 114 Å². The van der Waals surface area contributed by atoms with Crippen LogP contribution in [0, 0.1) is 0 Å². The Balaban J connectivity index is 1.31. The zero-order valence-corrected chi connectivity index (χ0v) is 26.4. The molecule has 2 aromatic heterocycles. The highest BCUT2D eigenvalue weighted by molar-refractivity contribution is 5.88. The summed E-state index contributed by atoms with van der Waals surface area (Å²) in [6.45, 7) is 6.73. The van der Waals surface area contributed by atoms with E-state index in [1.807, 2.05) is 86.1 Å². The van der Waals surface area contributed by atoms with Crippen molar-refractivity contribution in [1.82, 2.24) is 14.5 Å². The summed E-state index contributed by atoms with van der Waals surface area (Å²) in [6.07, 6.45) is 2.56. The van der Waals surface area contributed by atoms with Gasteiger partial charge in [-0.15, -0.1) is 0 Å². The molecule has 2 fully saturated rings. The van der Waals surface area contributed by atoms with Gasteiger partial charge in [-0.1, -0.05) is 91.0 Å². The lowest BCUT2D eigenvalue weighted by molar-refractivity contribution is -0.210. The molecule has 0 saturated carbocycles. The van der Waals surface area contributed by atoms with Crippen LogP contribution in [0.3, 0.4) is 0 Å². The molecule has 3 aromatic carbocycles. The smallest absolute Gasteiger partial charge is 0.164 e. The van der Waals surface area contributed by atoms with Gasteiger partial charge in [0, 0.05) is 24.9 Å². The Morgan fingerprint density at radius 2 is 1.48 bits per heavy atom. The largest absolute Gasteiger partial charge is 0.396 e. The molecular weight excluding hydrogens is 580 g/mol. The standard InChI is InChI=1S/C37H40N4O5/c1-35(2)45-33-29(44-32(36(33,3)46-35)28-22-41(20-13-21-42)31-30(28)39-24-40-34(31)38)23-43-37(25-14-7-4-8-15-25,26-16-9-5-10-17-26)27-18-11-6-12-19-27/h4-12,14-19,22,24,29,32-33,42H,13,20-21,23H2,1-3H3,(H2,38,39,40)/t29-,32+,33-,36+/m1/s1. The third-order valence-electron chi connectivity index (χ3n) is 9.16. The molecule has 3 N–H and O–H groups in total. The first-order valence-corrected chi connectivity index (χ1v) is 15.8. The lowest BCUT2D eigenvalue weighted by atomic mass is 9.80. The van der Waals surface area contributed by atoms with Crippen molar-refractivity contribution in [2.45, 2.75) is 69.0 Å². The van der Waals surface area contributed by atoms with Crippen LogP contribution in [0.2, 0.25) is 0 Å². The van der Waals surface area contributed by atoms with Crippen LogP contribution >= 0.6 is 0 Å². The van der Waals surface area contributed by atoms with Crippen molar-refractivity contribution >= 4 is 16.9 Å². The molecule has 0 aliphatic carbocycles. The van der Waals surface area contributed by atoms with Gasteiger partial charge in [0.05, 0.1) is 12.1 Å². The van der Waals surface area contributed by atoms with E-state index in [9.17, 15) is 5.11 Å². The number of aromatic nitrogens is 3. The molecule has 46 heavy (non-hydrogen) atoms. The molecule has 5 aromatic rings. The minimum Gasteiger partial charge on any atom is -0.396 e. The Hall–Kier alpha value is -4.12. The number of fused-ring (bicyclic) bond motifs is 2. The van der Waals surface area contributed by atoms with E-state index in [1.54, 1.807) is 0 Å². The van der Waals surface area contributed by atoms with Crippen molar-refractivity contribution in [3.8, 4) is 0 Å². The molecule has 0 spiro atoms. The number of nitrogens with two attached hydrogens (primary N) is 1. The predicted octanol–water partition coefficient (Wildman–Crippen LogP) is 5.75. The van der Waals surface area contributed by atoms with E-state index >= 15 is 0 Å². The number of aryl methyl sites for hydroxylation is 1. The minimum absolute atomic E-state index is 0.0544. The second kappa shape index (κ2) is 11.9. The van der Waals surface area contributed by atoms with E-state index in [1.165, 1.54) is 6.33 Å². The Morgan fingerprint density at radius 3 is 2.04 bits per heavy atom. The molecule has 2 aliphatic heterocycles. The van der Waals surface area contributed by atoms with E-state index in [2.05, 4.69) is 46.4 Å². The number of rotatable bonds is 10. The fourth-order valence-corrected chi connectivity index (χ4v) is 7.34. The Bertz CT molecular complexity index is 1700. The fourth-order valence-electron chi connectivity index (χ4n) is 7.34. The normalized spacial score (nSPS) is 24.0. The minimum atomic E-state index is -0.918. The van der Waals surface area contributed by atoms with Crippen molar-refractivity contribution in [3.05, 3.63) is 126 Å². The maximum absolute atomic E-state index is 9.56. The van der Waals surface area contributed by atoms with Gasteiger partial charge in [0.25, 0.3) is 0 Å². The third kappa shape index (κ3) is 5.09. The average molecular weight is 621 g/mol. The van der Waals surface area contributed by atoms with Crippen molar-refractivity contribution < 1.29 is 24.1 Å². The number of aliphatic hydroxyl groups is 1. The molecule has 0 amide bonds. The monoisotopic (exact) mass is 620 g/mol. The summed E-state index contributed by atoms with van der Waals surface area (Å²) >= 11 is 0. The van der Waals surface area contributed by atoms with Gasteiger partial charge in [-0.25, -0.2) is 9.97 Å². The van der Waals surface area contributed by atoms with Crippen LogP contribution in [0.5, 0.6) is 0 Å². The number of hydrogen-bond acceptors (Lipinski definition) is 8. The first-order valence-electron chi connectivity index (χ1n) is 15.8. The molecule has 0 unspecified atom stereocenters. The third-order valence-corrected chi connectivity index (χ3v) is 9.16. The number of benzene rings is 3. The van der Waals surface area contributed by atoms with Gasteiger partial charge in [0.1, 0.15) is 41.4 Å². The van der Waals surface area contributed by atoms with Crippen LogP contribution in [-0.2, 0) is 31.1 Å². The highest BCUT2D eigenvalue weighted by atomic mass is 16.8. The van der Waals surface area contributed by atoms with Gasteiger partial charge in [-0.2, -0.15) is 0 Å². The average Bonchev–Trinajstić information content (AvgIpc) is 3.65. The van der Waals surface area contributed by atoms with Gasteiger partial charge in [0.15, 0.2) is 11.6 Å². The van der Waals surface area contributed by atoms with Crippen molar-refractivity contribution in [1.29, 1.82) is 0 Å². The highest BCUT2D eigenvalue weighted by Gasteiger charge is 2.64. The fraction of sp³-hybridized carbons (Fsp3) is 0.351. The van der Waals surface area contributed by atoms with Crippen LogP contribution in [0.25, 0.3) is 11.0 Å². The van der Waals surface area contributed by atoms with Crippen LogP contribution < -0.4 is 5.73 Å². The summed E-state index contributed by atoms with van der Waals surface area (Å²) in [5, 5.41) is 9.56. The first kappa shape index (κ1) is 30.5. The second-order valence-corrected chi connectivity index (χ2v) is 12.7. The number of anilines is 1. The zero-order chi connectivity index (χ0) is 31.9. The zero-order valence-electron chi connectivity index (χ0n) is 26.4. The summed E-state index contributed by atoms with van der Waals surface area (Å²) in [5.41, 5.74) is 9.84. The van der Waals surface area contributed by atoms with E-state index in [0.29, 0.717) is 29.8 Å². The van der Waals surface area contributed by atoms with E-state index < -0.39 is 35.3 Å². The molecule has 7 rings (SSSR count). The van der Waals surface area contributed by atoms with Gasteiger partial charge in [-0.05, 0) is 43.9 Å². The molecule has 9 nitrogen and oxygen atoms in total. The van der Waals surface area contributed by atoms with Crippen LogP contribution in [-0.4, -0.2) is 56.5 Å². The van der Waals surface area contributed by atoms with E-state index in [0.717, 1.165) is 22.3 Å². The molecule has 9 heteroatoms. The molecule has 2 saturated heterocycles. The molecule has 0 bridgehead atoms. The SMILES string of the molecule is CC1(C)O[C@@H]2[C@@H](COC(c3ccccc3)(c3ccccc3)c3ccccc3)O[C@@H](c3cn(CCCO)c4c(N)ncnc34)[C@]2(C)O1. The lowest BCUT2D eigenvalue weighted by Crippen LogP contribution is -2.42. The number of nitrogens with zero attached hydrogens (tertiary/aromatic N) is 3. The summed E-state index contributed by atoms with van der Waals surface area (Å²) < 4.78 is 29.4. The highest BCUT2D eigenvalue weighted by Crippen LogP contribution is 2.54. The maximum Gasteiger partial charge on any atom is 0.164 e. The Labute approximate surface area is 268 Å². The number of hydrogen-bond donors (Lipinski definition) is 2. The van der Waals surface area contributed by atoms with Gasteiger partial charge < -0.3 is 34.4 Å². The quantitative estimate of drug-likeness (QED) is 0.190. The van der Waals surface area contributed by atoms with Crippen molar-refractivity contribution in [2.75, 3.05) is 18.9 Å². The molecule has 4 atom stereocenters. The summed E-state index contributed by atoms with van der Waals surface area (Å²) in [4.78, 5) is 8.89. The lowest BCUT2D eigenvalue weighted by Gasteiger charge is -2.37. The summed E-state index contributed by atoms with van der Waals surface area (Å²) in [6, 6.07) is 30.9. The molecular formula is C37H40N4O5. The number of ether oxygens (including phenoxy) is 4. The van der Waals surface area contributed by atoms with Crippen molar-refractivity contribution in [3.63, 3.8) is 0 Å². The first-order chi connectivity index (χ1) is 22.3. The summed E-state index contributed by atoms with van der Waals surface area (Å²) in [7, 11) is 0. The molecule has 4 heterocycles. The number of aliphatic hydroxyl groups excluding tert-OH is 1. The number of nitrogen functional groups attached to an aromatic ring is 1. The van der Waals surface area contributed by atoms with Gasteiger partial charge in [0.2, 0.25) is 0 Å². The van der Waals surface area contributed by atoms with Crippen molar-refractivity contribution in [2.24, 2.45) is 0 Å². The van der Waals surface area contributed by atoms with E-state index in [-0.39, 0.29) is 13.2 Å². The molecule has 2 aliphatic rings. The second-order valence-electron chi connectivity index (χ2n) is 12.7. The van der Waals surface area contributed by atoms with Gasteiger partial charge in [-0.3, -0.25) is 0 Å². The van der Waals surface area contributed by atoms with Crippen LogP contribution in [0.15, 0.2) is 104 Å². The van der Waals surface area contributed by atoms with Crippen LogP contribution in [0.4, 0.5) is 5.82 Å². The summed E-state index contributed by atoms with van der Waals surface area (Å²) in [5.74, 6) is -0.478. The van der Waals surface area contributed by atoms with E-state index in [4.69, 9.17) is 24.7 Å². The Morgan fingerprint density at radius 1 is 0.891 bits per heavy atom. The van der Waals surface area contributed by atoms with Gasteiger partial charge >= 0.3 is 0 Å². The Kier molecular flexibility index (Phi) is 7.91.